The lowest BCUT2D eigenvalue weighted by molar-refractivity contribution is -0.151. The summed E-state index contributed by atoms with van der Waals surface area (Å²) in [6, 6.07) is 5.69. The van der Waals surface area contributed by atoms with Gasteiger partial charge in [-0.05, 0) is 25.0 Å². The van der Waals surface area contributed by atoms with Gasteiger partial charge in [-0.2, -0.15) is 0 Å². The Hall–Kier alpha value is -1.38. The monoisotopic (exact) mass is 219 g/mol. The van der Waals surface area contributed by atoms with E-state index >= 15 is 0 Å². The molecule has 1 aromatic heterocycles. The number of pyridine rings is 1. The van der Waals surface area contributed by atoms with Gasteiger partial charge in [-0.15, -0.1) is 0 Å². The van der Waals surface area contributed by atoms with Crippen LogP contribution < -0.4 is 0 Å². The van der Waals surface area contributed by atoms with Crippen LogP contribution in [0.3, 0.4) is 0 Å². The molecule has 3 heteroatoms. The van der Waals surface area contributed by atoms with Gasteiger partial charge in [0.25, 0.3) is 0 Å². The number of carboxylic acids is 1. The van der Waals surface area contributed by atoms with Crippen LogP contribution in [-0.4, -0.2) is 16.1 Å². The van der Waals surface area contributed by atoms with Crippen molar-refractivity contribution in [1.82, 2.24) is 4.98 Å². The average molecular weight is 219 g/mol. The molecule has 0 unspecified atom stereocenters. The van der Waals surface area contributed by atoms with E-state index in [0.29, 0.717) is 6.42 Å². The van der Waals surface area contributed by atoms with Gasteiger partial charge < -0.3 is 5.11 Å². The summed E-state index contributed by atoms with van der Waals surface area (Å²) >= 11 is 0. The van der Waals surface area contributed by atoms with Crippen LogP contribution in [0, 0.1) is 5.41 Å². The third-order valence-corrected chi connectivity index (χ3v) is 3.51. The summed E-state index contributed by atoms with van der Waals surface area (Å²) in [7, 11) is 0. The second-order valence-corrected chi connectivity index (χ2v) is 4.64. The molecule has 1 heterocycles. The second-order valence-electron chi connectivity index (χ2n) is 4.64. The number of aromatic nitrogens is 1. The minimum atomic E-state index is -0.655. The molecule has 0 aromatic carbocycles. The summed E-state index contributed by atoms with van der Waals surface area (Å²) in [5, 5.41) is 9.42. The van der Waals surface area contributed by atoms with Crippen molar-refractivity contribution in [3.63, 3.8) is 0 Å². The maximum Gasteiger partial charge on any atom is 0.310 e. The van der Waals surface area contributed by atoms with Crippen molar-refractivity contribution < 1.29 is 9.90 Å². The van der Waals surface area contributed by atoms with Crippen molar-refractivity contribution in [3.8, 4) is 0 Å². The van der Waals surface area contributed by atoms with Gasteiger partial charge in [0.15, 0.2) is 0 Å². The number of hydrogen-bond donors (Lipinski definition) is 1. The van der Waals surface area contributed by atoms with Crippen LogP contribution in [0.15, 0.2) is 24.4 Å². The van der Waals surface area contributed by atoms with E-state index in [1.54, 1.807) is 6.20 Å². The Morgan fingerprint density at radius 1 is 1.31 bits per heavy atom. The first-order valence-electron chi connectivity index (χ1n) is 5.86. The van der Waals surface area contributed by atoms with Crippen molar-refractivity contribution in [1.29, 1.82) is 0 Å². The topological polar surface area (TPSA) is 50.2 Å². The fourth-order valence-corrected chi connectivity index (χ4v) is 2.54. The van der Waals surface area contributed by atoms with E-state index in [2.05, 4.69) is 4.98 Å². The molecule has 1 aliphatic rings. The first-order chi connectivity index (χ1) is 7.73. The van der Waals surface area contributed by atoms with Crippen LogP contribution in [0.1, 0.15) is 37.8 Å². The zero-order chi connectivity index (χ0) is 11.4. The fourth-order valence-electron chi connectivity index (χ4n) is 2.54. The lowest BCUT2D eigenvalue weighted by Crippen LogP contribution is -2.35. The van der Waals surface area contributed by atoms with Gasteiger partial charge in [0.05, 0.1) is 5.41 Å². The molecule has 0 amide bonds. The van der Waals surface area contributed by atoms with E-state index in [9.17, 15) is 9.90 Å². The Bertz CT molecular complexity index is 355. The van der Waals surface area contributed by atoms with Crippen LogP contribution in [0.4, 0.5) is 0 Å². The molecule has 0 aliphatic heterocycles. The molecule has 1 aliphatic carbocycles. The van der Waals surface area contributed by atoms with Crippen molar-refractivity contribution in [2.75, 3.05) is 0 Å². The minimum absolute atomic E-state index is 0.563. The number of rotatable bonds is 3. The minimum Gasteiger partial charge on any atom is -0.481 e. The Balaban J connectivity index is 2.17. The molecule has 0 radical (unpaired) electrons. The third kappa shape index (κ3) is 2.23. The van der Waals surface area contributed by atoms with Crippen molar-refractivity contribution >= 4 is 5.97 Å². The van der Waals surface area contributed by atoms with Crippen LogP contribution >= 0.6 is 0 Å². The molecule has 16 heavy (non-hydrogen) atoms. The Morgan fingerprint density at radius 3 is 2.62 bits per heavy atom. The van der Waals surface area contributed by atoms with E-state index in [0.717, 1.165) is 37.8 Å². The second kappa shape index (κ2) is 4.64. The van der Waals surface area contributed by atoms with Gasteiger partial charge in [-0.3, -0.25) is 9.78 Å². The maximum atomic E-state index is 11.5. The van der Waals surface area contributed by atoms with Crippen molar-refractivity contribution in [2.24, 2.45) is 5.41 Å². The van der Waals surface area contributed by atoms with E-state index in [4.69, 9.17) is 0 Å². The van der Waals surface area contributed by atoms with E-state index < -0.39 is 11.4 Å². The quantitative estimate of drug-likeness (QED) is 0.850. The van der Waals surface area contributed by atoms with Crippen LogP contribution in [-0.2, 0) is 11.2 Å². The predicted octanol–water partition coefficient (Wildman–Crippen LogP) is 2.66. The number of nitrogens with zero attached hydrogens (tertiary/aromatic N) is 1. The Morgan fingerprint density at radius 2 is 2.06 bits per heavy atom. The number of hydrogen-bond acceptors (Lipinski definition) is 2. The Labute approximate surface area is 95.5 Å². The first-order valence-corrected chi connectivity index (χ1v) is 5.86. The predicted molar refractivity (Wildman–Crippen MR) is 61.1 cm³/mol. The van der Waals surface area contributed by atoms with Crippen LogP contribution in [0.2, 0.25) is 0 Å². The molecule has 3 nitrogen and oxygen atoms in total. The highest BCUT2D eigenvalue weighted by Gasteiger charge is 2.39. The standard InChI is InChI=1S/C13H17NO2/c15-12(16)13(7-3-1-4-8-13)10-11-6-2-5-9-14-11/h2,5-6,9H,1,3-4,7-8,10H2,(H,15,16). The van der Waals surface area contributed by atoms with Gasteiger partial charge in [-0.1, -0.05) is 25.3 Å². The van der Waals surface area contributed by atoms with Gasteiger partial charge in [0.1, 0.15) is 0 Å². The summed E-state index contributed by atoms with van der Waals surface area (Å²) in [5.74, 6) is -0.655. The lowest BCUT2D eigenvalue weighted by atomic mass is 9.71. The van der Waals surface area contributed by atoms with Crippen molar-refractivity contribution in [2.45, 2.75) is 38.5 Å². The smallest absolute Gasteiger partial charge is 0.310 e. The maximum absolute atomic E-state index is 11.5. The van der Waals surface area contributed by atoms with Gasteiger partial charge in [0.2, 0.25) is 0 Å². The highest BCUT2D eigenvalue weighted by atomic mass is 16.4. The molecule has 2 rings (SSSR count). The lowest BCUT2D eigenvalue weighted by Gasteiger charge is -2.32. The highest BCUT2D eigenvalue weighted by Crippen LogP contribution is 2.39. The molecular formula is C13H17NO2. The molecule has 0 atom stereocenters. The van der Waals surface area contributed by atoms with Crippen LogP contribution in [0.25, 0.3) is 0 Å². The molecule has 1 N–H and O–H groups in total. The van der Waals surface area contributed by atoms with Crippen molar-refractivity contribution in [3.05, 3.63) is 30.1 Å². The average Bonchev–Trinajstić information content (AvgIpc) is 2.31. The van der Waals surface area contributed by atoms with E-state index in [1.807, 2.05) is 18.2 Å². The van der Waals surface area contributed by atoms with Gasteiger partial charge in [0, 0.05) is 18.3 Å². The summed E-state index contributed by atoms with van der Waals surface area (Å²) in [6.45, 7) is 0. The van der Waals surface area contributed by atoms with Crippen LogP contribution in [0.5, 0.6) is 0 Å². The highest BCUT2D eigenvalue weighted by molar-refractivity contribution is 5.75. The molecular weight excluding hydrogens is 202 g/mol. The number of aliphatic carboxylic acids is 1. The zero-order valence-corrected chi connectivity index (χ0v) is 9.35. The molecule has 0 spiro atoms. The fraction of sp³-hybridized carbons (Fsp3) is 0.538. The Kier molecular flexibility index (Phi) is 3.22. The molecule has 0 saturated heterocycles. The summed E-state index contributed by atoms with van der Waals surface area (Å²) in [4.78, 5) is 15.7. The van der Waals surface area contributed by atoms with Gasteiger partial charge in [-0.25, -0.2) is 0 Å². The molecule has 0 bridgehead atoms. The first kappa shape index (κ1) is 11.1. The van der Waals surface area contributed by atoms with Gasteiger partial charge >= 0.3 is 5.97 Å². The normalized spacial score (nSPS) is 19.2. The molecule has 1 saturated carbocycles. The summed E-state index contributed by atoms with van der Waals surface area (Å²) in [6.07, 6.45) is 7.10. The SMILES string of the molecule is O=C(O)C1(Cc2ccccn2)CCCCC1. The van der Waals surface area contributed by atoms with E-state index in [-0.39, 0.29) is 0 Å². The molecule has 86 valence electrons. The molecule has 1 fully saturated rings. The number of carboxylic acid groups (broad SMARTS) is 1. The largest absolute Gasteiger partial charge is 0.481 e. The summed E-state index contributed by atoms with van der Waals surface area (Å²) in [5.41, 5.74) is 0.332. The number of carbonyl (C=O) groups is 1. The van der Waals surface area contributed by atoms with E-state index in [1.165, 1.54) is 0 Å². The molecule has 1 aromatic rings. The third-order valence-electron chi connectivity index (χ3n) is 3.51. The summed E-state index contributed by atoms with van der Waals surface area (Å²) < 4.78 is 0. The zero-order valence-electron chi connectivity index (χ0n) is 9.35.